The van der Waals surface area contributed by atoms with Gasteiger partial charge in [0.15, 0.2) is 0 Å². The van der Waals surface area contributed by atoms with Crippen molar-refractivity contribution < 1.29 is 18.0 Å². The number of halogens is 1. The molecule has 136 valence electrons. The number of hydrogen-bond acceptors (Lipinski definition) is 4. The zero-order chi connectivity index (χ0) is 19.1. The van der Waals surface area contributed by atoms with Crippen LogP contribution < -0.4 is 9.62 Å². The van der Waals surface area contributed by atoms with E-state index in [9.17, 15) is 18.0 Å². The van der Waals surface area contributed by atoms with E-state index < -0.39 is 27.8 Å². The average molecular weight is 393 g/mol. The van der Waals surface area contributed by atoms with E-state index in [-0.39, 0.29) is 22.0 Å². The topological polar surface area (TPSA) is 83.6 Å². The molecule has 0 bridgehead atoms. The van der Waals surface area contributed by atoms with E-state index in [0.717, 1.165) is 5.56 Å². The molecule has 1 atom stereocenters. The van der Waals surface area contributed by atoms with Crippen LogP contribution in [0.1, 0.15) is 22.8 Å². The first-order valence-electron chi connectivity index (χ1n) is 7.94. The average Bonchev–Trinajstić information content (AvgIpc) is 2.78. The van der Waals surface area contributed by atoms with Gasteiger partial charge in [-0.2, -0.15) is 0 Å². The van der Waals surface area contributed by atoms with Gasteiger partial charge in [-0.25, -0.2) is 12.7 Å². The number of nitrogens with zero attached hydrogens (tertiary/aromatic N) is 1. The van der Waals surface area contributed by atoms with Crippen LogP contribution in [-0.4, -0.2) is 26.0 Å². The molecule has 8 heteroatoms. The van der Waals surface area contributed by atoms with Crippen LogP contribution in [0.15, 0.2) is 42.5 Å². The molecule has 1 heterocycles. The summed E-state index contributed by atoms with van der Waals surface area (Å²) >= 11 is 6.12. The Hall–Kier alpha value is -2.38. The van der Waals surface area contributed by atoms with Gasteiger partial charge in [-0.3, -0.25) is 9.59 Å². The highest BCUT2D eigenvalue weighted by atomic mass is 35.5. The van der Waals surface area contributed by atoms with Crippen molar-refractivity contribution in [3.05, 3.63) is 58.6 Å². The summed E-state index contributed by atoms with van der Waals surface area (Å²) in [5.74, 6) is -1.90. The lowest BCUT2D eigenvalue weighted by Crippen LogP contribution is -2.30. The number of hydrogen-bond donors (Lipinski definition) is 1. The Morgan fingerprint density at radius 3 is 2.54 bits per heavy atom. The van der Waals surface area contributed by atoms with Gasteiger partial charge in [0.2, 0.25) is 15.9 Å². The molecular formula is C18H17ClN2O4S. The van der Waals surface area contributed by atoms with Crippen molar-refractivity contribution in [1.29, 1.82) is 0 Å². The number of rotatable bonds is 3. The quantitative estimate of drug-likeness (QED) is 0.869. The summed E-state index contributed by atoms with van der Waals surface area (Å²) in [5, 5.41) is 2.86. The first-order valence-corrected chi connectivity index (χ1v) is 9.93. The molecule has 1 saturated heterocycles. The second-order valence-electron chi connectivity index (χ2n) is 6.22. The van der Waals surface area contributed by atoms with E-state index >= 15 is 0 Å². The van der Waals surface area contributed by atoms with Crippen molar-refractivity contribution in [3.63, 3.8) is 0 Å². The molecule has 1 aliphatic heterocycles. The number of carbonyl (C=O) groups excluding carboxylic acids is 2. The number of carbonyl (C=O) groups is 2. The maximum atomic E-state index is 12.5. The highest BCUT2D eigenvalue weighted by Crippen LogP contribution is 2.34. The van der Waals surface area contributed by atoms with Crippen molar-refractivity contribution in [1.82, 2.24) is 0 Å². The molecule has 3 rings (SSSR count). The molecule has 1 N–H and O–H groups in total. The maximum absolute atomic E-state index is 12.5. The van der Waals surface area contributed by atoms with Gasteiger partial charge in [-0.05, 0) is 36.8 Å². The fourth-order valence-electron chi connectivity index (χ4n) is 2.78. The molecule has 1 aliphatic rings. The summed E-state index contributed by atoms with van der Waals surface area (Å²) in [6.45, 7) is 3.41. The van der Waals surface area contributed by atoms with Crippen molar-refractivity contribution >= 4 is 44.8 Å². The molecule has 0 spiro atoms. The van der Waals surface area contributed by atoms with E-state index in [1.54, 1.807) is 19.1 Å². The van der Waals surface area contributed by atoms with E-state index in [4.69, 9.17) is 11.6 Å². The molecule has 2 aromatic rings. The number of amides is 2. The lowest BCUT2D eigenvalue weighted by molar-refractivity contribution is -0.119. The molecule has 0 aromatic heterocycles. The molecule has 2 aromatic carbocycles. The van der Waals surface area contributed by atoms with Crippen LogP contribution in [0.25, 0.3) is 0 Å². The van der Waals surface area contributed by atoms with Crippen LogP contribution in [0.2, 0.25) is 5.02 Å². The molecule has 0 radical (unpaired) electrons. The monoisotopic (exact) mass is 392 g/mol. The fourth-order valence-corrected chi connectivity index (χ4v) is 4.87. The number of aryl methyl sites for hydroxylation is 1. The molecule has 0 aliphatic carbocycles. The zero-order valence-corrected chi connectivity index (χ0v) is 15.8. The maximum Gasteiger partial charge on any atom is 0.255 e. The summed E-state index contributed by atoms with van der Waals surface area (Å²) in [7, 11) is -3.80. The predicted octanol–water partition coefficient (Wildman–Crippen LogP) is 3.21. The molecule has 1 fully saturated rings. The first-order chi connectivity index (χ1) is 12.2. The summed E-state index contributed by atoms with van der Waals surface area (Å²) in [6, 6.07) is 11.5. The molecule has 2 amide bonds. The Morgan fingerprint density at radius 2 is 1.92 bits per heavy atom. The minimum atomic E-state index is -3.80. The van der Waals surface area contributed by atoms with Gasteiger partial charge in [0, 0.05) is 11.3 Å². The van der Waals surface area contributed by atoms with E-state index in [2.05, 4.69) is 5.32 Å². The third-order valence-electron chi connectivity index (χ3n) is 4.18. The van der Waals surface area contributed by atoms with Gasteiger partial charge in [-0.1, -0.05) is 36.7 Å². The standard InChI is InChI=1S/C18H17ClN2O4S/c1-11-5-3-4-6-15(11)20-17(22)13-7-8-14(19)16(9-13)21-18(23)12(2)10-26(21,24)25/h3-9,12H,10H2,1-2H3,(H,20,22). The summed E-state index contributed by atoms with van der Waals surface area (Å²) in [6.07, 6.45) is 0. The third kappa shape index (κ3) is 3.32. The number of anilines is 2. The number of sulfonamides is 1. The molecule has 26 heavy (non-hydrogen) atoms. The summed E-state index contributed by atoms with van der Waals surface area (Å²) in [5.41, 5.74) is 1.74. The minimum Gasteiger partial charge on any atom is -0.322 e. The second-order valence-corrected chi connectivity index (χ2v) is 8.49. The molecule has 1 unspecified atom stereocenters. The van der Waals surface area contributed by atoms with Crippen molar-refractivity contribution in [2.24, 2.45) is 5.92 Å². The summed E-state index contributed by atoms with van der Waals surface area (Å²) < 4.78 is 25.3. The Kier molecular flexibility index (Phi) is 4.77. The molecular weight excluding hydrogens is 376 g/mol. The van der Waals surface area contributed by atoms with Gasteiger partial charge in [0.05, 0.1) is 22.4 Å². The van der Waals surface area contributed by atoms with Crippen LogP contribution in [0.5, 0.6) is 0 Å². The lowest BCUT2D eigenvalue weighted by Gasteiger charge is -2.18. The van der Waals surface area contributed by atoms with Crippen LogP contribution in [0, 0.1) is 12.8 Å². The number of para-hydroxylation sites is 1. The van der Waals surface area contributed by atoms with E-state index in [0.29, 0.717) is 9.99 Å². The Morgan fingerprint density at radius 1 is 1.23 bits per heavy atom. The lowest BCUT2D eigenvalue weighted by atomic mass is 10.1. The normalized spacial score (nSPS) is 18.8. The van der Waals surface area contributed by atoms with Gasteiger partial charge in [0.25, 0.3) is 5.91 Å². The van der Waals surface area contributed by atoms with Gasteiger partial charge >= 0.3 is 0 Å². The highest BCUT2D eigenvalue weighted by molar-refractivity contribution is 7.94. The van der Waals surface area contributed by atoms with Gasteiger partial charge < -0.3 is 5.32 Å². The van der Waals surface area contributed by atoms with Crippen molar-refractivity contribution in [2.75, 3.05) is 15.4 Å². The van der Waals surface area contributed by atoms with E-state index in [1.807, 2.05) is 19.1 Å². The Labute approximate surface area is 156 Å². The number of benzene rings is 2. The predicted molar refractivity (Wildman–Crippen MR) is 101 cm³/mol. The smallest absolute Gasteiger partial charge is 0.255 e. The van der Waals surface area contributed by atoms with Gasteiger partial charge in [-0.15, -0.1) is 0 Å². The Balaban J connectivity index is 1.97. The Bertz CT molecular complexity index is 1000. The second kappa shape index (κ2) is 6.74. The molecule has 6 nitrogen and oxygen atoms in total. The number of nitrogens with one attached hydrogen (secondary N) is 1. The molecule has 0 saturated carbocycles. The van der Waals surface area contributed by atoms with Crippen LogP contribution >= 0.6 is 11.6 Å². The highest BCUT2D eigenvalue weighted by Gasteiger charge is 2.43. The van der Waals surface area contributed by atoms with E-state index in [1.165, 1.54) is 18.2 Å². The minimum absolute atomic E-state index is 0.00143. The van der Waals surface area contributed by atoms with Crippen molar-refractivity contribution in [2.45, 2.75) is 13.8 Å². The van der Waals surface area contributed by atoms with Crippen LogP contribution in [0.4, 0.5) is 11.4 Å². The zero-order valence-electron chi connectivity index (χ0n) is 14.2. The van der Waals surface area contributed by atoms with Crippen molar-refractivity contribution in [3.8, 4) is 0 Å². The van der Waals surface area contributed by atoms with Crippen LogP contribution in [0.3, 0.4) is 0 Å². The first kappa shape index (κ1) is 18.4. The van der Waals surface area contributed by atoms with Gasteiger partial charge in [0.1, 0.15) is 0 Å². The third-order valence-corrected chi connectivity index (χ3v) is 6.35. The van der Waals surface area contributed by atoms with Crippen LogP contribution in [-0.2, 0) is 14.8 Å². The largest absolute Gasteiger partial charge is 0.322 e. The summed E-state index contributed by atoms with van der Waals surface area (Å²) in [4.78, 5) is 24.8. The SMILES string of the molecule is Cc1ccccc1NC(=O)c1ccc(Cl)c(N2C(=O)C(C)CS2(=O)=O)c1. The fraction of sp³-hybridized carbons (Fsp3) is 0.222.